The second-order valence-electron chi connectivity index (χ2n) is 22.9. The maximum Gasteiger partial charge on any atom is 0.251 e. The molecule has 6 rings (SSSR count). The summed E-state index contributed by atoms with van der Waals surface area (Å²) in [5.74, 6) is -1.53. The molecule has 77 heavy (non-hydrogen) atoms. The summed E-state index contributed by atoms with van der Waals surface area (Å²) >= 11 is 0. The van der Waals surface area contributed by atoms with Crippen molar-refractivity contribution in [3.63, 3.8) is 0 Å². The first-order valence-electron chi connectivity index (χ1n) is 28.2. The lowest BCUT2D eigenvalue weighted by Gasteiger charge is -2.36. The second-order valence-corrected chi connectivity index (χ2v) is 22.9. The molecule has 2 fully saturated rings. The molecule has 18 nitrogen and oxygen atoms in total. The average Bonchev–Trinajstić information content (AvgIpc) is 3.84. The Balaban J connectivity index is 1.09. The third kappa shape index (κ3) is 16.2. The van der Waals surface area contributed by atoms with Crippen LogP contribution in [0, 0.1) is 17.3 Å². The van der Waals surface area contributed by atoms with E-state index < -0.39 is 53.6 Å². The van der Waals surface area contributed by atoms with Crippen LogP contribution in [0.2, 0.25) is 0 Å². The predicted molar refractivity (Wildman–Crippen MR) is 300 cm³/mol. The summed E-state index contributed by atoms with van der Waals surface area (Å²) in [5.41, 5.74) is 1.97. The fraction of sp³-hybridized carbons (Fsp3) is 0.610. The van der Waals surface area contributed by atoms with Gasteiger partial charge < -0.3 is 52.2 Å². The van der Waals surface area contributed by atoms with Crippen LogP contribution in [0.4, 0.5) is 0 Å². The van der Waals surface area contributed by atoms with Crippen LogP contribution in [-0.4, -0.2) is 129 Å². The number of amides is 7. The van der Waals surface area contributed by atoms with Gasteiger partial charge in [-0.2, -0.15) is 0 Å². The van der Waals surface area contributed by atoms with E-state index in [2.05, 4.69) is 53.9 Å². The molecule has 422 valence electrons. The molecule has 9 atom stereocenters. The predicted octanol–water partition coefficient (Wildman–Crippen LogP) is 4.90. The summed E-state index contributed by atoms with van der Waals surface area (Å²) in [5, 5.41) is 29.2. The normalized spacial score (nSPS) is 20.1. The van der Waals surface area contributed by atoms with E-state index in [9.17, 15) is 33.6 Å². The van der Waals surface area contributed by atoms with E-state index in [4.69, 9.17) is 4.74 Å². The van der Waals surface area contributed by atoms with Crippen LogP contribution in [0.5, 0.6) is 5.75 Å². The molecule has 7 amide bonds. The van der Waals surface area contributed by atoms with Gasteiger partial charge in [-0.3, -0.25) is 38.9 Å². The minimum Gasteiger partial charge on any atom is -0.478 e. The van der Waals surface area contributed by atoms with Gasteiger partial charge in [0.25, 0.3) is 5.91 Å². The number of aryl methyl sites for hydroxylation is 1. The first kappa shape index (κ1) is 60.1. The summed E-state index contributed by atoms with van der Waals surface area (Å²) in [6.45, 7) is 15.8. The first-order valence-corrected chi connectivity index (χ1v) is 28.2. The number of benzene rings is 3. The summed E-state index contributed by atoms with van der Waals surface area (Å²) in [4.78, 5) is 98.7. The van der Waals surface area contributed by atoms with Crippen molar-refractivity contribution in [3.05, 3.63) is 77.4 Å². The number of hydrogen-bond donors (Lipinski definition) is 9. The third-order valence-electron chi connectivity index (χ3n) is 15.9. The van der Waals surface area contributed by atoms with E-state index in [1.54, 1.807) is 33.2 Å². The number of likely N-dealkylation sites (N-methyl/N-ethyl adjacent to an activating group) is 2. The number of fused-ring (bicyclic) bond motifs is 2. The highest BCUT2D eigenvalue weighted by Gasteiger charge is 2.46. The Morgan fingerprint density at radius 3 is 2.12 bits per heavy atom. The van der Waals surface area contributed by atoms with E-state index in [1.807, 2.05) is 90.9 Å². The van der Waals surface area contributed by atoms with Crippen molar-refractivity contribution in [1.82, 2.24) is 52.8 Å². The molecule has 1 saturated heterocycles. The lowest BCUT2D eigenvalue weighted by Crippen LogP contribution is -2.59. The van der Waals surface area contributed by atoms with Crippen LogP contribution in [-0.2, 0) is 35.2 Å². The molecule has 3 aromatic carbocycles. The third-order valence-corrected chi connectivity index (χ3v) is 15.9. The number of carbonyl (C=O) groups is 7. The van der Waals surface area contributed by atoms with E-state index in [-0.39, 0.29) is 85.5 Å². The Morgan fingerprint density at radius 2 is 1.43 bits per heavy atom. The highest BCUT2D eigenvalue weighted by molar-refractivity contribution is 6.00. The molecule has 3 aromatic rings. The number of rotatable bonds is 24. The van der Waals surface area contributed by atoms with Gasteiger partial charge in [0.15, 0.2) is 0 Å². The quantitative estimate of drug-likeness (QED) is 0.0432. The monoisotopic (exact) mass is 1060 g/mol. The maximum absolute atomic E-state index is 14.6. The summed E-state index contributed by atoms with van der Waals surface area (Å²) in [6, 6.07) is 13.7. The molecule has 18 heteroatoms. The van der Waals surface area contributed by atoms with Crippen LogP contribution in [0.3, 0.4) is 0 Å². The van der Waals surface area contributed by atoms with Crippen molar-refractivity contribution < 1.29 is 38.3 Å². The molecule has 9 N–H and O–H groups in total. The second kappa shape index (κ2) is 28.0. The van der Waals surface area contributed by atoms with Crippen molar-refractivity contribution in [2.75, 3.05) is 33.9 Å². The lowest BCUT2D eigenvalue weighted by atomic mass is 9.83. The van der Waals surface area contributed by atoms with Crippen LogP contribution in [0.25, 0.3) is 10.8 Å². The van der Waals surface area contributed by atoms with Gasteiger partial charge in [0.2, 0.25) is 35.4 Å². The van der Waals surface area contributed by atoms with Gasteiger partial charge in [-0.1, -0.05) is 97.2 Å². The van der Waals surface area contributed by atoms with Crippen LogP contribution in [0.15, 0.2) is 60.7 Å². The smallest absolute Gasteiger partial charge is 0.251 e. The van der Waals surface area contributed by atoms with Crippen molar-refractivity contribution in [3.8, 4) is 5.75 Å². The van der Waals surface area contributed by atoms with Gasteiger partial charge in [0.05, 0.1) is 18.1 Å². The molecule has 0 radical (unpaired) electrons. The van der Waals surface area contributed by atoms with Gasteiger partial charge in [0.1, 0.15) is 36.6 Å². The number of hydrogen-bond acceptors (Lipinski definition) is 11. The van der Waals surface area contributed by atoms with Crippen molar-refractivity contribution in [2.45, 2.75) is 180 Å². The fourth-order valence-corrected chi connectivity index (χ4v) is 10.7. The maximum atomic E-state index is 14.6. The number of ether oxygens (including phenoxy) is 1. The highest BCUT2D eigenvalue weighted by atomic mass is 16.5. The summed E-state index contributed by atoms with van der Waals surface area (Å²) in [7, 11) is 3.40. The molecule has 0 unspecified atom stereocenters. The standard InChI is InChI=1S/C59H88N10O8/c1-11-46(61-10)54(72)67-50(39-19-13-12-14-20-39)57(75)66-48(55(73)63-36(4)35(2)3)28-29-62-34-77-44-27-26-40-30-42(25-24-41(40)31-44)53(71)64-43-32-49(56(74)65-47-23-17-21-38-18-15-16-22-45(38)47)69(33-43)58(76)51(59(6,7)8)68-52(70)37(5)60-9/h15-16,18,22,24-27,30-31,35-37,39,43,46-51,60-62H,11-14,17,19-21,23,28-29,32-34H2,1-10H3,(H,63,73)(H,64,71)(H,65,74)(H,66,75)(H,67,72)(H,68,70)/t36-,37+,43+,46+,47-,48+,49+,50+,51-/m1/s1. The molecule has 3 aliphatic rings. The Labute approximate surface area is 456 Å². The van der Waals surface area contributed by atoms with Gasteiger partial charge in [-0.15, -0.1) is 0 Å². The summed E-state index contributed by atoms with van der Waals surface area (Å²) < 4.78 is 6.08. The van der Waals surface area contributed by atoms with Gasteiger partial charge in [-0.25, -0.2) is 0 Å². The van der Waals surface area contributed by atoms with E-state index >= 15 is 0 Å². The molecule has 1 aliphatic heterocycles. The van der Waals surface area contributed by atoms with E-state index in [0.29, 0.717) is 24.3 Å². The largest absolute Gasteiger partial charge is 0.478 e. The zero-order valence-electron chi connectivity index (χ0n) is 47.2. The van der Waals surface area contributed by atoms with Crippen LogP contribution in [0.1, 0.15) is 147 Å². The Kier molecular flexibility index (Phi) is 21.8. The van der Waals surface area contributed by atoms with Crippen molar-refractivity contribution >= 4 is 52.1 Å². The number of likely N-dealkylation sites (tertiary alicyclic amines) is 1. The summed E-state index contributed by atoms with van der Waals surface area (Å²) in [6.07, 6.45) is 8.35. The van der Waals surface area contributed by atoms with E-state index in [0.717, 1.165) is 67.7 Å². The first-order chi connectivity index (χ1) is 36.7. The van der Waals surface area contributed by atoms with Crippen LogP contribution < -0.4 is 52.6 Å². The molecular formula is C59H88N10O8. The number of nitrogens with one attached hydrogen (secondary N) is 9. The topological polar surface area (TPSA) is 240 Å². The highest BCUT2D eigenvalue weighted by Crippen LogP contribution is 2.32. The molecular weight excluding hydrogens is 977 g/mol. The van der Waals surface area contributed by atoms with Crippen molar-refractivity contribution in [1.29, 1.82) is 0 Å². The van der Waals surface area contributed by atoms with Gasteiger partial charge >= 0.3 is 0 Å². The van der Waals surface area contributed by atoms with Gasteiger partial charge in [0, 0.05) is 30.7 Å². The van der Waals surface area contributed by atoms with Gasteiger partial charge in [-0.05, 0) is 143 Å². The SMILES string of the molecule is CC[C@H](NC)C(=O)N[C@H](C(=O)N[C@@H](CCNCOc1ccc2cc(C(=O)N[C@H]3C[C@@H](C(=O)N[C@@H]4CCCc5ccccc54)N(C(=O)[C@@H](NC(=O)[C@H](C)NC)C(C)(C)C)C3)ccc2c1)C(=O)N[C@H](C)C(C)C)C1CCCCC1. The number of carbonyl (C=O) groups excluding carboxylic acids is 7. The number of nitrogens with zero attached hydrogens (tertiary/aromatic N) is 1. The average molecular weight is 1070 g/mol. The fourth-order valence-electron chi connectivity index (χ4n) is 10.7. The Morgan fingerprint density at radius 1 is 0.727 bits per heavy atom. The lowest BCUT2D eigenvalue weighted by molar-refractivity contribution is -0.144. The Hall–Kier alpha value is -6.11. The molecule has 0 bridgehead atoms. The zero-order chi connectivity index (χ0) is 56.0. The molecule has 1 heterocycles. The van der Waals surface area contributed by atoms with Crippen LogP contribution >= 0.6 is 0 Å². The molecule has 1 saturated carbocycles. The molecule has 0 spiro atoms. The molecule has 2 aliphatic carbocycles. The molecule has 0 aromatic heterocycles. The Bertz CT molecular complexity index is 2520. The minimum atomic E-state index is -0.941. The van der Waals surface area contributed by atoms with E-state index in [1.165, 1.54) is 10.5 Å². The zero-order valence-corrected chi connectivity index (χ0v) is 47.2. The minimum absolute atomic E-state index is 0.0259. The van der Waals surface area contributed by atoms with Crippen molar-refractivity contribution in [2.24, 2.45) is 17.3 Å².